The van der Waals surface area contributed by atoms with Crippen LogP contribution in [0.3, 0.4) is 0 Å². The molecule has 2 aromatic heterocycles. The summed E-state index contributed by atoms with van der Waals surface area (Å²) in [5.41, 5.74) is 3.18. The number of aromatic nitrogens is 2. The molecule has 0 saturated carbocycles. The van der Waals surface area contributed by atoms with Gasteiger partial charge in [0.25, 0.3) is 0 Å². The van der Waals surface area contributed by atoms with Gasteiger partial charge in [-0.2, -0.15) is 0 Å². The zero-order valence-electron chi connectivity index (χ0n) is 15.9. The van der Waals surface area contributed by atoms with Crippen LogP contribution in [0.25, 0.3) is 21.9 Å². The molecule has 0 spiro atoms. The maximum absolute atomic E-state index is 7.83. The lowest BCUT2D eigenvalue weighted by Gasteiger charge is -2.19. The Morgan fingerprint density at radius 3 is 2.71 bits per heavy atom. The van der Waals surface area contributed by atoms with E-state index in [0.29, 0.717) is 17.2 Å². The molecule has 1 aliphatic heterocycles. The number of para-hydroxylation sites is 1. The van der Waals surface area contributed by atoms with Crippen LogP contribution in [0.2, 0.25) is 0 Å². The number of anilines is 3. The van der Waals surface area contributed by atoms with Crippen molar-refractivity contribution in [3.63, 3.8) is 0 Å². The molecule has 0 atom stereocenters. The van der Waals surface area contributed by atoms with Gasteiger partial charge in [-0.25, -0.2) is 9.97 Å². The topological polar surface area (TPSA) is 45.4 Å². The molecule has 0 aliphatic carbocycles. The molecule has 1 radical (unpaired) electrons. The molecule has 24 heavy (non-hydrogen) atoms. The number of hydrogen-bond acceptors (Lipinski definition) is 5. The predicted molar refractivity (Wildman–Crippen MR) is 95.3 cm³/mol. The van der Waals surface area contributed by atoms with Crippen LogP contribution in [-0.4, -0.2) is 16.9 Å². The lowest BCUT2D eigenvalue weighted by atomic mass is 10.1. The highest BCUT2D eigenvalue weighted by Crippen LogP contribution is 2.44. The highest BCUT2D eigenvalue weighted by Gasteiger charge is 2.31. The first kappa shape index (κ1) is 10.6. The van der Waals surface area contributed by atoms with Gasteiger partial charge in [-0.15, -0.1) is 0 Å². The molecule has 0 N–H and O–H groups in total. The number of rotatable bonds is 1. The van der Waals surface area contributed by atoms with Gasteiger partial charge in [-0.3, -0.25) is 4.90 Å². The van der Waals surface area contributed by atoms with Gasteiger partial charge >= 0.3 is 0 Å². The van der Waals surface area contributed by atoms with Crippen LogP contribution in [0.4, 0.5) is 17.3 Å². The maximum Gasteiger partial charge on any atom is 0.178 e. The fraction of sp³-hybridized carbons (Fsp3) is 0.105. The summed E-state index contributed by atoms with van der Waals surface area (Å²) in [5.74, 6) is 0.759. The second-order valence-electron chi connectivity index (χ2n) is 5.77. The summed E-state index contributed by atoms with van der Waals surface area (Å²) in [4.78, 5) is 11.5. The van der Waals surface area contributed by atoms with Crippen LogP contribution >= 0.6 is 0 Å². The molecule has 4 aromatic rings. The Morgan fingerprint density at radius 2 is 1.83 bits per heavy atom. The van der Waals surface area contributed by atoms with E-state index in [9.17, 15) is 0 Å². The molecule has 0 amide bonds. The van der Waals surface area contributed by atoms with Crippen molar-refractivity contribution in [2.24, 2.45) is 0 Å². The number of fused-ring (bicyclic) bond motifs is 4. The fourth-order valence-electron chi connectivity index (χ4n) is 3.22. The largest absolute Gasteiger partial charge is 0.454 e. The summed E-state index contributed by atoms with van der Waals surface area (Å²) in [6, 6.07) is 11.9. The van der Waals surface area contributed by atoms with Gasteiger partial charge in [-0.05, 0) is 18.6 Å². The normalized spacial score (nSPS) is 16.3. The number of nitrogens with zero attached hydrogens (tertiary/aromatic N) is 4. The average Bonchev–Trinajstić information content (AvgIpc) is 3.20. The monoisotopic (exact) mass is 318 g/mol. The van der Waals surface area contributed by atoms with E-state index in [1.807, 2.05) is 43.3 Å². The van der Waals surface area contributed by atoms with Crippen LogP contribution in [0.1, 0.15) is 9.68 Å². The molecule has 0 bridgehead atoms. The van der Waals surface area contributed by atoms with E-state index >= 15 is 0 Å². The average molecular weight is 318 g/mol. The van der Waals surface area contributed by atoms with Gasteiger partial charge in [0.1, 0.15) is 12.3 Å². The molecule has 1 aliphatic rings. The van der Waals surface area contributed by atoms with Crippen molar-refractivity contribution < 1.29 is 8.53 Å². The lowest BCUT2D eigenvalue weighted by molar-refractivity contribution is 0.668. The number of hydrogen-bond donors (Lipinski definition) is 0. The first-order valence-electron chi connectivity index (χ1n) is 9.10. The third-order valence-electron chi connectivity index (χ3n) is 4.31. The molecule has 0 fully saturated rings. The van der Waals surface area contributed by atoms with Gasteiger partial charge < -0.3 is 9.32 Å². The van der Waals surface area contributed by atoms with Crippen molar-refractivity contribution in [1.82, 2.24) is 9.97 Å². The summed E-state index contributed by atoms with van der Waals surface area (Å²) in [6.07, 6.45) is 3.04. The highest BCUT2D eigenvalue weighted by atomic mass is 16.3. The highest BCUT2D eigenvalue weighted by molar-refractivity contribution is 6.10. The van der Waals surface area contributed by atoms with E-state index in [1.54, 1.807) is 11.1 Å². The van der Waals surface area contributed by atoms with Crippen molar-refractivity contribution in [2.75, 3.05) is 16.8 Å². The van der Waals surface area contributed by atoms with E-state index in [2.05, 4.69) is 9.97 Å². The molecular formula is C19H15N4O. The van der Waals surface area contributed by atoms with Gasteiger partial charge in [-0.1, -0.05) is 30.3 Å². The van der Waals surface area contributed by atoms with Gasteiger partial charge in [0.2, 0.25) is 0 Å². The quantitative estimate of drug-likeness (QED) is 0.521. The first-order chi connectivity index (χ1) is 12.9. The molecule has 5 nitrogen and oxygen atoms in total. The van der Waals surface area contributed by atoms with Crippen molar-refractivity contribution >= 4 is 39.3 Å². The minimum atomic E-state index is -2.37. The molecule has 0 unspecified atom stereocenters. The number of furan rings is 1. The third kappa shape index (κ3) is 1.69. The van der Waals surface area contributed by atoms with Crippen LogP contribution < -0.4 is 9.80 Å². The van der Waals surface area contributed by atoms with Gasteiger partial charge in [0.05, 0.1) is 5.69 Å². The number of benzene rings is 2. The Kier molecular flexibility index (Phi) is 2.09. The second kappa shape index (κ2) is 4.71. The van der Waals surface area contributed by atoms with Crippen molar-refractivity contribution in [3.05, 3.63) is 61.0 Å². The van der Waals surface area contributed by atoms with Gasteiger partial charge in [0.15, 0.2) is 17.2 Å². The molecule has 0 saturated heterocycles. The van der Waals surface area contributed by atoms with Crippen molar-refractivity contribution in [3.8, 4) is 0 Å². The lowest BCUT2D eigenvalue weighted by Crippen LogP contribution is -2.18. The van der Waals surface area contributed by atoms with Crippen LogP contribution in [-0.2, 0) is 0 Å². The van der Waals surface area contributed by atoms with Crippen molar-refractivity contribution in [2.45, 2.75) is 6.92 Å². The summed E-state index contributed by atoms with van der Waals surface area (Å²) in [6.45, 7) is 1.12. The Morgan fingerprint density at radius 1 is 1.00 bits per heavy atom. The van der Waals surface area contributed by atoms with E-state index in [1.165, 1.54) is 12.9 Å². The van der Waals surface area contributed by atoms with Crippen LogP contribution in [0, 0.1) is 13.6 Å². The Bertz CT molecular complexity index is 1180. The standard InChI is InChI=1S/C19H15N4O/c1-12-7-8-14-13-5-3-4-6-15(13)24-17(14)16(12)23-11-22(2)18-19(23)21-10-9-20-18/h3-11H,1-2H3/i2D3. The summed E-state index contributed by atoms with van der Waals surface area (Å²) < 4.78 is 29.6. The number of aryl methyl sites for hydroxylation is 1. The molecule has 2 aromatic carbocycles. The first-order valence-corrected chi connectivity index (χ1v) is 7.60. The third-order valence-corrected chi connectivity index (χ3v) is 4.31. The molecule has 5 heteroatoms. The van der Waals surface area contributed by atoms with E-state index in [0.717, 1.165) is 32.5 Å². The van der Waals surface area contributed by atoms with Crippen LogP contribution in [0.15, 0.2) is 53.2 Å². The second-order valence-corrected chi connectivity index (χ2v) is 5.77. The Hall–Kier alpha value is -3.08. The fourth-order valence-corrected chi connectivity index (χ4v) is 3.22. The van der Waals surface area contributed by atoms with Crippen LogP contribution in [0.5, 0.6) is 0 Å². The molecular weight excluding hydrogens is 300 g/mol. The van der Waals surface area contributed by atoms with E-state index in [4.69, 9.17) is 8.53 Å². The molecule has 5 rings (SSSR count). The maximum atomic E-state index is 7.83. The Balaban J connectivity index is 1.78. The molecule has 3 heterocycles. The summed E-state index contributed by atoms with van der Waals surface area (Å²) in [7, 11) is 0. The summed E-state index contributed by atoms with van der Waals surface area (Å²) in [5, 5.41) is 1.98. The predicted octanol–water partition coefficient (Wildman–Crippen LogP) is 4.39. The molecule has 117 valence electrons. The Labute approximate surface area is 143 Å². The van der Waals surface area contributed by atoms with E-state index in [-0.39, 0.29) is 0 Å². The zero-order chi connectivity index (χ0) is 18.8. The van der Waals surface area contributed by atoms with Gasteiger partial charge in [0, 0.05) is 34.3 Å². The SMILES string of the molecule is [2H]C([2H])([2H])N1[CH]N(c2c(C)ccc3c2oc2ccccc23)c2nccnc21. The minimum Gasteiger partial charge on any atom is -0.454 e. The smallest absolute Gasteiger partial charge is 0.178 e. The zero-order valence-corrected chi connectivity index (χ0v) is 12.9. The minimum absolute atomic E-state index is 0.296. The van der Waals surface area contributed by atoms with Crippen molar-refractivity contribution in [1.29, 1.82) is 0 Å². The summed E-state index contributed by atoms with van der Waals surface area (Å²) >= 11 is 0. The van der Waals surface area contributed by atoms with E-state index < -0.39 is 6.98 Å².